The maximum Gasteiger partial charge on any atom is 0.322 e. The lowest BCUT2D eigenvalue weighted by Crippen LogP contribution is -2.61. The van der Waals surface area contributed by atoms with Crippen LogP contribution in [0.4, 0.5) is 0 Å². The molecule has 0 radical (unpaired) electrons. The van der Waals surface area contributed by atoms with Crippen LogP contribution in [0.3, 0.4) is 0 Å². The van der Waals surface area contributed by atoms with Gasteiger partial charge in [-0.05, 0) is 33.3 Å². The van der Waals surface area contributed by atoms with Crippen molar-refractivity contribution in [2.24, 2.45) is 11.3 Å². The van der Waals surface area contributed by atoms with Crippen LogP contribution < -0.4 is 5.32 Å². The minimum Gasteiger partial charge on any atom is -0.461 e. The molecule has 2 heterocycles. The quantitative estimate of drug-likeness (QED) is 0.342. The Balaban J connectivity index is 2.60. The van der Waals surface area contributed by atoms with Gasteiger partial charge in [0.2, 0.25) is 5.78 Å². The molecule has 1 fully saturated rings. The number of ether oxygens (including phenoxy) is 2. The molecule has 3 rings (SSSR count). The van der Waals surface area contributed by atoms with E-state index in [2.05, 4.69) is 5.32 Å². The minimum atomic E-state index is -1.81. The first-order chi connectivity index (χ1) is 16.7. The fraction of sp³-hybridized carbons (Fsp3) is 0.519. The molecule has 1 saturated heterocycles. The van der Waals surface area contributed by atoms with E-state index < -0.39 is 65.1 Å². The highest BCUT2D eigenvalue weighted by atomic mass is 16.6. The van der Waals surface area contributed by atoms with Crippen molar-refractivity contribution in [1.29, 1.82) is 0 Å². The van der Waals surface area contributed by atoms with Crippen LogP contribution in [0.25, 0.3) is 0 Å². The van der Waals surface area contributed by atoms with Crippen LogP contribution in [0.2, 0.25) is 0 Å². The number of Topliss-reactive ketones (excluding diaryl/α,β-unsaturated/α-hetero) is 2. The molecule has 1 aliphatic carbocycles. The predicted octanol–water partition coefficient (Wildman–Crippen LogP) is 2.29. The predicted molar refractivity (Wildman–Crippen MR) is 131 cm³/mol. The molecule has 0 aromatic rings. The number of fused-ring (bicyclic) bond motifs is 10. The second kappa shape index (κ2) is 12.1. The number of esters is 2. The summed E-state index contributed by atoms with van der Waals surface area (Å²) in [5.41, 5.74) is -0.437. The van der Waals surface area contributed by atoms with Crippen molar-refractivity contribution < 1.29 is 38.6 Å². The van der Waals surface area contributed by atoms with Gasteiger partial charge in [-0.25, -0.2) is 0 Å². The zero-order chi connectivity index (χ0) is 27.2. The molecule has 9 nitrogen and oxygen atoms in total. The Morgan fingerprint density at radius 3 is 2.36 bits per heavy atom. The van der Waals surface area contributed by atoms with Crippen molar-refractivity contribution in [3.8, 4) is 0 Å². The second-order valence-electron chi connectivity index (χ2n) is 9.57. The van der Waals surface area contributed by atoms with E-state index >= 15 is 0 Å². The highest BCUT2D eigenvalue weighted by molar-refractivity contribution is 6.35. The molecule has 0 aromatic heterocycles. The van der Waals surface area contributed by atoms with Crippen LogP contribution in [-0.2, 0) is 33.4 Å². The van der Waals surface area contributed by atoms with Gasteiger partial charge in [0.25, 0.3) is 5.91 Å². The third-order valence-electron chi connectivity index (χ3n) is 6.44. The number of amides is 1. The van der Waals surface area contributed by atoms with Gasteiger partial charge >= 0.3 is 11.9 Å². The van der Waals surface area contributed by atoms with E-state index in [0.29, 0.717) is 12.0 Å². The molecule has 0 aromatic carbocycles. The van der Waals surface area contributed by atoms with E-state index in [4.69, 9.17) is 9.47 Å². The molecule has 3 aliphatic rings. The van der Waals surface area contributed by atoms with Crippen LogP contribution in [0.1, 0.15) is 54.4 Å². The summed E-state index contributed by atoms with van der Waals surface area (Å²) in [6.45, 7) is 8.85. The van der Waals surface area contributed by atoms with Gasteiger partial charge in [-0.3, -0.25) is 24.0 Å². The van der Waals surface area contributed by atoms with Crippen molar-refractivity contribution in [3.63, 3.8) is 0 Å². The van der Waals surface area contributed by atoms with Gasteiger partial charge < -0.3 is 19.9 Å². The number of hydrogen-bond donors (Lipinski definition) is 2. The standard InChI is InChI=1S/C27H35NO8/c1-15-7-10-20(31)11-8-16(2)13-23(28-25(33)18(4)29)27(6)24(32)17(3)22(36-26(27)34)14-21(12-9-15)35-19(5)30/h7-9,11-13,17,20-23,31H,10,14H2,1-6H3,(H,28,33)/b11-8-,12-9-,15-7-,16-13-. The molecule has 9 heteroatoms. The Kier molecular flexibility index (Phi) is 9.69. The van der Waals surface area contributed by atoms with E-state index in [1.54, 1.807) is 38.2 Å². The molecule has 2 N–H and O–H groups in total. The number of allylic oxidation sites excluding steroid dienone is 4. The van der Waals surface area contributed by atoms with Crippen LogP contribution in [0.15, 0.2) is 47.6 Å². The Hall–Kier alpha value is -3.33. The summed E-state index contributed by atoms with van der Waals surface area (Å²) in [4.78, 5) is 62.5. The second-order valence-corrected chi connectivity index (χ2v) is 9.57. The average Bonchev–Trinajstić information content (AvgIpc) is 2.80. The summed E-state index contributed by atoms with van der Waals surface area (Å²) < 4.78 is 11.1. The first-order valence-electron chi connectivity index (χ1n) is 11.9. The maximum atomic E-state index is 13.6. The van der Waals surface area contributed by atoms with Crippen molar-refractivity contribution in [2.45, 2.75) is 78.7 Å². The number of aliphatic hydroxyl groups is 1. The summed E-state index contributed by atoms with van der Waals surface area (Å²) in [5, 5.41) is 12.8. The van der Waals surface area contributed by atoms with Gasteiger partial charge in [0.05, 0.1) is 18.1 Å². The largest absolute Gasteiger partial charge is 0.461 e. The Morgan fingerprint density at radius 1 is 1.11 bits per heavy atom. The normalized spacial score (nSPS) is 36.2. The van der Waals surface area contributed by atoms with Crippen molar-refractivity contribution in [2.75, 3.05) is 0 Å². The zero-order valence-electron chi connectivity index (χ0n) is 21.6. The molecule has 6 atom stereocenters. The maximum absolute atomic E-state index is 13.6. The first kappa shape index (κ1) is 28.9. The Labute approximate surface area is 211 Å². The van der Waals surface area contributed by atoms with Crippen molar-refractivity contribution in [1.82, 2.24) is 5.32 Å². The summed E-state index contributed by atoms with van der Waals surface area (Å²) in [7, 11) is 0. The van der Waals surface area contributed by atoms with E-state index in [0.717, 1.165) is 12.5 Å². The van der Waals surface area contributed by atoms with E-state index in [1.807, 2.05) is 13.0 Å². The smallest absolute Gasteiger partial charge is 0.322 e. The van der Waals surface area contributed by atoms with Gasteiger partial charge in [0.1, 0.15) is 17.6 Å². The number of carbonyl (C=O) groups is 5. The van der Waals surface area contributed by atoms with Crippen LogP contribution in [0, 0.1) is 11.3 Å². The number of carbonyl (C=O) groups excluding carboxylic acids is 5. The molecular weight excluding hydrogens is 466 g/mol. The van der Waals surface area contributed by atoms with Crippen molar-refractivity contribution in [3.05, 3.63) is 47.6 Å². The van der Waals surface area contributed by atoms with E-state index in [1.165, 1.54) is 19.9 Å². The SMILES string of the molecule is CC(=O)OC1/C=C\C(C)=C/CC(O)/C=C\C(C)=C/C(NC(=O)C(C)=O)C2(C)C(=O)OC(C1)C(C)C2=O. The third kappa shape index (κ3) is 7.10. The number of rotatable bonds is 3. The van der Waals surface area contributed by atoms with Crippen molar-refractivity contribution >= 4 is 29.4 Å². The molecule has 6 unspecified atom stereocenters. The third-order valence-corrected chi connectivity index (χ3v) is 6.44. The fourth-order valence-electron chi connectivity index (χ4n) is 4.13. The summed E-state index contributed by atoms with van der Waals surface area (Å²) in [6.07, 6.45) is 7.78. The Bertz CT molecular complexity index is 1040. The summed E-state index contributed by atoms with van der Waals surface area (Å²) in [5.74, 6) is -4.37. The zero-order valence-corrected chi connectivity index (χ0v) is 21.6. The molecule has 1 amide bonds. The lowest BCUT2D eigenvalue weighted by atomic mass is 9.69. The monoisotopic (exact) mass is 501 g/mol. The molecule has 36 heavy (non-hydrogen) atoms. The molecule has 2 aliphatic heterocycles. The number of nitrogens with one attached hydrogen (secondary N) is 1. The highest BCUT2D eigenvalue weighted by Crippen LogP contribution is 2.38. The van der Waals surface area contributed by atoms with Gasteiger partial charge in [-0.15, -0.1) is 0 Å². The molecule has 196 valence electrons. The van der Waals surface area contributed by atoms with E-state index in [9.17, 15) is 29.1 Å². The van der Waals surface area contributed by atoms with Gasteiger partial charge in [-0.2, -0.15) is 0 Å². The number of hydrogen-bond acceptors (Lipinski definition) is 8. The summed E-state index contributed by atoms with van der Waals surface area (Å²) >= 11 is 0. The van der Waals surface area contributed by atoms with Gasteiger partial charge in [0.15, 0.2) is 5.78 Å². The average molecular weight is 502 g/mol. The van der Waals surface area contributed by atoms with Gasteiger partial charge in [0, 0.05) is 20.3 Å². The van der Waals surface area contributed by atoms with Gasteiger partial charge in [-0.1, -0.05) is 48.5 Å². The van der Waals surface area contributed by atoms with Crippen LogP contribution in [0.5, 0.6) is 0 Å². The van der Waals surface area contributed by atoms with E-state index in [-0.39, 0.29) is 6.42 Å². The van der Waals surface area contributed by atoms with Crippen LogP contribution in [-0.4, -0.2) is 58.9 Å². The summed E-state index contributed by atoms with van der Waals surface area (Å²) in [6, 6.07) is -1.18. The molecule has 0 spiro atoms. The Morgan fingerprint density at radius 2 is 1.75 bits per heavy atom. The molecule has 2 bridgehead atoms. The number of aliphatic hydroxyl groups excluding tert-OH is 1. The van der Waals surface area contributed by atoms with Crippen LogP contribution >= 0.6 is 0 Å². The fourth-order valence-corrected chi connectivity index (χ4v) is 4.13. The lowest BCUT2D eigenvalue weighted by molar-refractivity contribution is -0.182. The highest BCUT2D eigenvalue weighted by Gasteiger charge is 2.56. The molecule has 0 saturated carbocycles. The minimum absolute atomic E-state index is 0.0571. The molecular formula is C27H35NO8. The lowest BCUT2D eigenvalue weighted by Gasteiger charge is -2.42. The topological polar surface area (TPSA) is 136 Å². The first-order valence-corrected chi connectivity index (χ1v) is 11.9. The number of ketones is 2.